The summed E-state index contributed by atoms with van der Waals surface area (Å²) in [5.41, 5.74) is 1.61. The maximum Gasteiger partial charge on any atom is 0.307 e. The maximum atomic E-state index is 11.1. The lowest BCUT2D eigenvalue weighted by Crippen LogP contribution is -2.03. The van der Waals surface area contributed by atoms with Gasteiger partial charge in [0.25, 0.3) is 0 Å². The number of carbonyl (C=O) groups is 1. The van der Waals surface area contributed by atoms with Gasteiger partial charge in [0.2, 0.25) is 0 Å². The molecule has 0 spiro atoms. The van der Waals surface area contributed by atoms with Crippen molar-refractivity contribution in [2.45, 2.75) is 33.6 Å². The molecule has 1 aliphatic carbocycles. The van der Waals surface area contributed by atoms with E-state index in [1.165, 1.54) is 0 Å². The number of nitrogens with zero attached hydrogens (tertiary/aromatic N) is 1. The highest BCUT2D eigenvalue weighted by Crippen LogP contribution is 2.65. The molecule has 0 amide bonds. The molecule has 1 saturated carbocycles. The minimum absolute atomic E-state index is 0.0428. The van der Waals surface area contributed by atoms with Crippen LogP contribution >= 0.6 is 0 Å². The zero-order chi connectivity index (χ0) is 11.4. The van der Waals surface area contributed by atoms with E-state index >= 15 is 0 Å². The molecule has 2 atom stereocenters. The third-order valence-corrected chi connectivity index (χ3v) is 3.49. The summed E-state index contributed by atoms with van der Waals surface area (Å²) in [5, 5.41) is 13.0. The number of aromatic nitrogens is 1. The van der Waals surface area contributed by atoms with Gasteiger partial charge >= 0.3 is 5.97 Å². The molecule has 0 aliphatic heterocycles. The Labute approximate surface area is 88.3 Å². The van der Waals surface area contributed by atoms with Crippen molar-refractivity contribution in [3.8, 4) is 0 Å². The lowest BCUT2D eigenvalue weighted by molar-refractivity contribution is -0.139. The van der Waals surface area contributed by atoms with E-state index in [-0.39, 0.29) is 17.3 Å². The number of hydrogen-bond acceptors (Lipinski definition) is 3. The fraction of sp³-hybridized carbons (Fsp3) is 0.636. The van der Waals surface area contributed by atoms with Gasteiger partial charge in [0.1, 0.15) is 5.76 Å². The summed E-state index contributed by atoms with van der Waals surface area (Å²) in [5.74, 6) is -0.255. The van der Waals surface area contributed by atoms with E-state index in [0.717, 1.165) is 17.0 Å². The van der Waals surface area contributed by atoms with Crippen molar-refractivity contribution < 1.29 is 14.4 Å². The average molecular weight is 209 g/mol. The molecule has 0 radical (unpaired) electrons. The van der Waals surface area contributed by atoms with Crippen LogP contribution in [0, 0.1) is 25.2 Å². The molecule has 1 aromatic rings. The maximum absolute atomic E-state index is 11.1. The molecule has 0 saturated heterocycles. The van der Waals surface area contributed by atoms with E-state index in [1.54, 1.807) is 0 Å². The Kier molecular flexibility index (Phi) is 1.93. The van der Waals surface area contributed by atoms with Crippen molar-refractivity contribution in [3.63, 3.8) is 0 Å². The van der Waals surface area contributed by atoms with E-state index in [1.807, 2.05) is 27.7 Å². The van der Waals surface area contributed by atoms with Crippen molar-refractivity contribution in [2.75, 3.05) is 0 Å². The van der Waals surface area contributed by atoms with Gasteiger partial charge in [0.15, 0.2) is 0 Å². The second-order valence-electron chi connectivity index (χ2n) is 4.85. The largest absolute Gasteiger partial charge is 0.481 e. The first-order valence-corrected chi connectivity index (χ1v) is 5.03. The van der Waals surface area contributed by atoms with Crippen LogP contribution in [0.25, 0.3) is 0 Å². The van der Waals surface area contributed by atoms with Crippen LogP contribution in [0.5, 0.6) is 0 Å². The van der Waals surface area contributed by atoms with Crippen LogP contribution in [-0.4, -0.2) is 16.2 Å². The molecule has 0 aromatic carbocycles. The highest BCUT2D eigenvalue weighted by Gasteiger charge is 2.64. The minimum Gasteiger partial charge on any atom is -0.481 e. The van der Waals surface area contributed by atoms with Gasteiger partial charge < -0.3 is 9.63 Å². The molecule has 0 bridgehead atoms. The zero-order valence-electron chi connectivity index (χ0n) is 9.37. The molecule has 1 aliphatic rings. The number of carboxylic acids is 1. The summed E-state index contributed by atoms with van der Waals surface area (Å²) in [6, 6.07) is 0. The smallest absolute Gasteiger partial charge is 0.307 e. The standard InChI is InChI=1S/C11H15NO3/c1-5-7(6(2)15-12-5)8-9(10(13)14)11(8,3)4/h8-9H,1-4H3,(H,13,14)/t8-,9+/m0/s1. The second-order valence-corrected chi connectivity index (χ2v) is 4.85. The average Bonchev–Trinajstić information content (AvgIpc) is 2.50. The number of aliphatic carboxylic acids is 1. The summed E-state index contributed by atoms with van der Waals surface area (Å²) in [6.07, 6.45) is 0. The SMILES string of the molecule is Cc1noc(C)c1[C@H]1[C@H](C(=O)O)C1(C)C. The Balaban J connectivity index is 2.39. The molecule has 0 unspecified atom stereocenters. The normalized spacial score (nSPS) is 27.7. The monoisotopic (exact) mass is 209 g/mol. The number of carboxylic acid groups (broad SMARTS) is 1. The predicted octanol–water partition coefficient (Wildman–Crippen LogP) is 2.12. The third kappa shape index (κ3) is 1.28. The molecule has 15 heavy (non-hydrogen) atoms. The fourth-order valence-corrected chi connectivity index (χ4v) is 2.57. The summed E-state index contributed by atoms with van der Waals surface area (Å²) in [7, 11) is 0. The van der Waals surface area contributed by atoms with E-state index < -0.39 is 5.97 Å². The fourth-order valence-electron chi connectivity index (χ4n) is 2.57. The molecule has 1 N–H and O–H groups in total. The Bertz CT molecular complexity index is 400. The number of hydrogen-bond donors (Lipinski definition) is 1. The summed E-state index contributed by atoms with van der Waals surface area (Å²) < 4.78 is 5.08. The van der Waals surface area contributed by atoms with Crippen LogP contribution in [0.1, 0.15) is 36.8 Å². The van der Waals surface area contributed by atoms with E-state index in [0.29, 0.717) is 0 Å². The molecule has 2 rings (SSSR count). The van der Waals surface area contributed by atoms with Crippen LogP contribution < -0.4 is 0 Å². The first-order chi connectivity index (χ1) is 6.87. The number of aryl methyl sites for hydroxylation is 2. The molecule has 1 aromatic heterocycles. The van der Waals surface area contributed by atoms with Gasteiger partial charge in [-0.25, -0.2) is 0 Å². The van der Waals surface area contributed by atoms with Crippen molar-refractivity contribution in [1.82, 2.24) is 5.16 Å². The van der Waals surface area contributed by atoms with Crippen molar-refractivity contribution in [1.29, 1.82) is 0 Å². The molecular weight excluding hydrogens is 194 g/mol. The minimum atomic E-state index is -0.731. The lowest BCUT2D eigenvalue weighted by Gasteiger charge is -2.00. The third-order valence-electron chi connectivity index (χ3n) is 3.49. The quantitative estimate of drug-likeness (QED) is 0.810. The van der Waals surface area contributed by atoms with Gasteiger partial charge in [-0.2, -0.15) is 0 Å². The summed E-state index contributed by atoms with van der Waals surface area (Å²) in [4.78, 5) is 11.1. The van der Waals surface area contributed by atoms with Gasteiger partial charge in [-0.15, -0.1) is 0 Å². The Morgan fingerprint density at radius 3 is 2.40 bits per heavy atom. The van der Waals surface area contributed by atoms with Gasteiger partial charge in [-0.1, -0.05) is 19.0 Å². The molecular formula is C11H15NO3. The van der Waals surface area contributed by atoms with Gasteiger partial charge in [-0.3, -0.25) is 4.79 Å². The van der Waals surface area contributed by atoms with E-state index in [9.17, 15) is 4.79 Å². The zero-order valence-corrected chi connectivity index (χ0v) is 9.37. The topological polar surface area (TPSA) is 63.3 Å². The lowest BCUT2D eigenvalue weighted by atomic mass is 10.0. The molecule has 1 heterocycles. The first kappa shape index (κ1) is 10.2. The molecule has 82 valence electrons. The van der Waals surface area contributed by atoms with Crippen LogP contribution in [0.15, 0.2) is 4.52 Å². The summed E-state index contributed by atoms with van der Waals surface area (Å²) >= 11 is 0. The van der Waals surface area contributed by atoms with Crippen LogP contribution in [0.3, 0.4) is 0 Å². The van der Waals surface area contributed by atoms with Crippen LogP contribution in [0.2, 0.25) is 0 Å². The van der Waals surface area contributed by atoms with Gasteiger partial charge in [0.05, 0.1) is 11.6 Å². The predicted molar refractivity (Wildman–Crippen MR) is 53.6 cm³/mol. The second kappa shape index (κ2) is 2.84. The highest BCUT2D eigenvalue weighted by atomic mass is 16.5. The van der Waals surface area contributed by atoms with Crippen molar-refractivity contribution >= 4 is 5.97 Å². The Hall–Kier alpha value is -1.32. The van der Waals surface area contributed by atoms with Crippen LogP contribution in [0.4, 0.5) is 0 Å². The van der Waals surface area contributed by atoms with Crippen molar-refractivity contribution in [2.24, 2.45) is 11.3 Å². The Morgan fingerprint density at radius 1 is 1.47 bits per heavy atom. The van der Waals surface area contributed by atoms with Gasteiger partial charge in [-0.05, 0) is 19.3 Å². The Morgan fingerprint density at radius 2 is 2.07 bits per heavy atom. The first-order valence-electron chi connectivity index (χ1n) is 5.03. The highest BCUT2D eigenvalue weighted by molar-refractivity contribution is 5.77. The molecule has 4 nitrogen and oxygen atoms in total. The van der Waals surface area contributed by atoms with Gasteiger partial charge in [0, 0.05) is 11.5 Å². The number of rotatable bonds is 2. The van der Waals surface area contributed by atoms with E-state index in [2.05, 4.69) is 5.16 Å². The molecule has 1 fully saturated rings. The molecule has 4 heteroatoms. The van der Waals surface area contributed by atoms with Crippen LogP contribution in [-0.2, 0) is 4.79 Å². The van der Waals surface area contributed by atoms with E-state index in [4.69, 9.17) is 9.63 Å². The van der Waals surface area contributed by atoms with Crippen molar-refractivity contribution in [3.05, 3.63) is 17.0 Å². The summed E-state index contributed by atoms with van der Waals surface area (Å²) in [6.45, 7) is 7.65.